The van der Waals surface area contributed by atoms with Crippen LogP contribution in [0.15, 0.2) is 16.6 Å². The van der Waals surface area contributed by atoms with E-state index in [2.05, 4.69) is 21.2 Å². The Morgan fingerprint density at radius 3 is 2.53 bits per heavy atom. The second-order valence-corrected chi connectivity index (χ2v) is 5.16. The van der Waals surface area contributed by atoms with Gasteiger partial charge in [-0.25, -0.2) is 4.39 Å². The number of carbonyl (C=O) groups is 1. The number of benzene rings is 1. The number of amides is 1. The summed E-state index contributed by atoms with van der Waals surface area (Å²) < 4.78 is 13.4. The molecule has 0 saturated heterocycles. The number of carbonyl (C=O) groups excluding carboxylic acids is 1. The van der Waals surface area contributed by atoms with Crippen LogP contribution in [0.3, 0.4) is 0 Å². The Hall–Kier alpha value is -1.70. The summed E-state index contributed by atoms with van der Waals surface area (Å²) in [7, 11) is 0. The summed E-state index contributed by atoms with van der Waals surface area (Å²) in [6.07, 6.45) is 0. The third-order valence-electron chi connectivity index (χ3n) is 2.52. The molecule has 1 rings (SSSR count). The number of nitro groups is 1. The van der Waals surface area contributed by atoms with Crippen molar-refractivity contribution in [2.75, 3.05) is 5.32 Å². The fourth-order valence-corrected chi connectivity index (χ4v) is 1.87. The number of nitrogens with two attached hydrogens (primary N) is 1. The van der Waals surface area contributed by atoms with Gasteiger partial charge >= 0.3 is 0 Å². The van der Waals surface area contributed by atoms with Gasteiger partial charge in [0.1, 0.15) is 17.5 Å². The van der Waals surface area contributed by atoms with Crippen molar-refractivity contribution in [1.29, 1.82) is 0 Å². The monoisotopic (exact) mass is 333 g/mol. The van der Waals surface area contributed by atoms with E-state index >= 15 is 0 Å². The molecular weight excluding hydrogens is 321 g/mol. The summed E-state index contributed by atoms with van der Waals surface area (Å²) in [6, 6.07) is 1.18. The number of hydrogen-bond acceptors (Lipinski definition) is 4. The van der Waals surface area contributed by atoms with Gasteiger partial charge in [-0.2, -0.15) is 0 Å². The fourth-order valence-electron chi connectivity index (χ4n) is 1.54. The highest BCUT2D eigenvalue weighted by atomic mass is 79.9. The minimum absolute atomic E-state index is 0.0232. The summed E-state index contributed by atoms with van der Waals surface area (Å²) in [5.41, 5.74) is 4.79. The molecule has 0 heterocycles. The van der Waals surface area contributed by atoms with Crippen LogP contribution in [0.4, 0.5) is 15.8 Å². The van der Waals surface area contributed by atoms with Gasteiger partial charge in [-0.05, 0) is 21.8 Å². The number of nitro benzene ring substituents is 1. The summed E-state index contributed by atoms with van der Waals surface area (Å²) in [4.78, 5) is 21.5. The Bertz CT molecular complexity index is 522. The van der Waals surface area contributed by atoms with E-state index in [0.29, 0.717) is 0 Å². The maximum atomic E-state index is 13.4. The zero-order valence-electron chi connectivity index (χ0n) is 10.3. The van der Waals surface area contributed by atoms with Gasteiger partial charge in [0.2, 0.25) is 5.91 Å². The van der Waals surface area contributed by atoms with Crippen molar-refractivity contribution in [2.24, 2.45) is 11.7 Å². The number of nitrogens with zero attached hydrogens (tertiary/aromatic N) is 1. The second-order valence-electron chi connectivity index (χ2n) is 4.31. The average molecular weight is 334 g/mol. The molecule has 0 bridgehead atoms. The Morgan fingerprint density at radius 1 is 1.53 bits per heavy atom. The Kier molecular flexibility index (Phi) is 4.82. The van der Waals surface area contributed by atoms with Crippen LogP contribution in [-0.2, 0) is 4.79 Å². The van der Waals surface area contributed by atoms with E-state index in [1.165, 1.54) is 0 Å². The average Bonchev–Trinajstić information content (AvgIpc) is 2.28. The zero-order chi connectivity index (χ0) is 14.7. The van der Waals surface area contributed by atoms with Gasteiger partial charge in [0.15, 0.2) is 0 Å². The van der Waals surface area contributed by atoms with E-state index in [0.717, 1.165) is 12.1 Å². The third kappa shape index (κ3) is 3.63. The summed E-state index contributed by atoms with van der Waals surface area (Å²) in [5, 5.41) is 13.5. The molecule has 1 aromatic rings. The van der Waals surface area contributed by atoms with E-state index in [9.17, 15) is 19.3 Å². The third-order valence-corrected chi connectivity index (χ3v) is 3.13. The van der Waals surface area contributed by atoms with Gasteiger partial charge in [0, 0.05) is 12.1 Å². The molecule has 0 aromatic heterocycles. The van der Waals surface area contributed by atoms with E-state index < -0.39 is 22.7 Å². The molecule has 8 heteroatoms. The van der Waals surface area contributed by atoms with Crippen molar-refractivity contribution in [3.05, 3.63) is 32.5 Å². The smallest absolute Gasteiger partial charge is 0.293 e. The summed E-state index contributed by atoms with van der Waals surface area (Å²) in [5.74, 6) is -1.52. The van der Waals surface area contributed by atoms with Gasteiger partial charge in [-0.15, -0.1) is 0 Å². The minimum Gasteiger partial charge on any atom is -0.368 e. The SMILES string of the molecule is CC(C)C(Nc1cc(F)c(Br)cc1[N+](=O)[O-])C(N)=O. The molecule has 1 amide bonds. The number of primary amides is 1. The molecule has 0 radical (unpaired) electrons. The number of anilines is 1. The largest absolute Gasteiger partial charge is 0.368 e. The molecule has 6 nitrogen and oxygen atoms in total. The molecule has 104 valence electrons. The number of hydrogen-bond donors (Lipinski definition) is 2. The summed E-state index contributed by atoms with van der Waals surface area (Å²) in [6.45, 7) is 3.45. The van der Waals surface area contributed by atoms with Gasteiger partial charge < -0.3 is 11.1 Å². The summed E-state index contributed by atoms with van der Waals surface area (Å²) >= 11 is 2.87. The number of nitrogens with one attached hydrogen (secondary N) is 1. The lowest BCUT2D eigenvalue weighted by Crippen LogP contribution is -2.39. The highest BCUT2D eigenvalue weighted by Crippen LogP contribution is 2.31. The molecule has 0 aliphatic carbocycles. The van der Waals surface area contributed by atoms with Crippen molar-refractivity contribution < 1.29 is 14.1 Å². The van der Waals surface area contributed by atoms with Crippen molar-refractivity contribution >= 4 is 33.2 Å². The van der Waals surface area contributed by atoms with Gasteiger partial charge in [0.05, 0.1) is 9.40 Å². The first-order chi connectivity index (χ1) is 8.73. The zero-order valence-corrected chi connectivity index (χ0v) is 11.9. The molecule has 0 aliphatic rings. The first-order valence-electron chi connectivity index (χ1n) is 5.43. The number of halogens is 2. The Morgan fingerprint density at radius 2 is 2.11 bits per heavy atom. The lowest BCUT2D eigenvalue weighted by molar-refractivity contribution is -0.384. The molecule has 1 aromatic carbocycles. The van der Waals surface area contributed by atoms with Crippen LogP contribution in [0.2, 0.25) is 0 Å². The van der Waals surface area contributed by atoms with Crippen LogP contribution < -0.4 is 11.1 Å². The van der Waals surface area contributed by atoms with E-state index in [1.54, 1.807) is 13.8 Å². The quantitative estimate of drug-likeness (QED) is 0.638. The van der Waals surface area contributed by atoms with Crippen LogP contribution in [0.5, 0.6) is 0 Å². The lowest BCUT2D eigenvalue weighted by Gasteiger charge is -2.20. The molecule has 0 saturated carbocycles. The predicted molar refractivity (Wildman–Crippen MR) is 72.2 cm³/mol. The highest BCUT2D eigenvalue weighted by Gasteiger charge is 2.24. The van der Waals surface area contributed by atoms with E-state index in [-0.39, 0.29) is 21.8 Å². The maximum Gasteiger partial charge on any atom is 0.293 e. The Labute approximate surface area is 117 Å². The van der Waals surface area contributed by atoms with Gasteiger partial charge in [-0.1, -0.05) is 13.8 Å². The molecule has 0 spiro atoms. The highest BCUT2D eigenvalue weighted by molar-refractivity contribution is 9.10. The van der Waals surface area contributed by atoms with Gasteiger partial charge in [-0.3, -0.25) is 14.9 Å². The topological polar surface area (TPSA) is 98.3 Å². The first kappa shape index (κ1) is 15.4. The standard InChI is InChI=1S/C11H13BrFN3O3/c1-5(2)10(11(14)17)15-8-4-7(13)6(12)3-9(8)16(18)19/h3-5,10,15H,1-2H3,(H2,14,17). The number of rotatable bonds is 5. The maximum absolute atomic E-state index is 13.4. The minimum atomic E-state index is -0.820. The second kappa shape index (κ2) is 5.96. The van der Waals surface area contributed by atoms with Crippen LogP contribution >= 0.6 is 15.9 Å². The van der Waals surface area contributed by atoms with Gasteiger partial charge in [0.25, 0.3) is 5.69 Å². The first-order valence-corrected chi connectivity index (χ1v) is 6.22. The van der Waals surface area contributed by atoms with Crippen LogP contribution in [-0.4, -0.2) is 16.9 Å². The molecule has 1 atom stereocenters. The molecule has 0 fully saturated rings. The van der Waals surface area contributed by atoms with Crippen molar-refractivity contribution in [1.82, 2.24) is 0 Å². The Balaban J connectivity index is 3.22. The van der Waals surface area contributed by atoms with Crippen molar-refractivity contribution in [3.63, 3.8) is 0 Å². The molecule has 19 heavy (non-hydrogen) atoms. The normalized spacial score (nSPS) is 12.3. The molecule has 3 N–H and O–H groups in total. The molecular formula is C11H13BrFN3O3. The fraction of sp³-hybridized carbons (Fsp3) is 0.364. The lowest BCUT2D eigenvalue weighted by atomic mass is 10.0. The predicted octanol–water partition coefficient (Wildman–Crippen LogP) is 2.42. The van der Waals surface area contributed by atoms with E-state index in [4.69, 9.17) is 5.73 Å². The van der Waals surface area contributed by atoms with Crippen molar-refractivity contribution in [2.45, 2.75) is 19.9 Å². The van der Waals surface area contributed by atoms with Crippen LogP contribution in [0, 0.1) is 21.8 Å². The molecule has 0 aliphatic heterocycles. The van der Waals surface area contributed by atoms with Crippen molar-refractivity contribution in [3.8, 4) is 0 Å². The van der Waals surface area contributed by atoms with E-state index in [1.807, 2.05) is 0 Å². The van der Waals surface area contributed by atoms with Crippen LogP contribution in [0.25, 0.3) is 0 Å². The molecule has 1 unspecified atom stereocenters. The van der Waals surface area contributed by atoms with Crippen LogP contribution in [0.1, 0.15) is 13.8 Å².